The fourth-order valence-corrected chi connectivity index (χ4v) is 1.53. The molecule has 0 N–H and O–H groups in total. The van der Waals surface area contributed by atoms with Crippen LogP contribution in [0, 0.1) is 0 Å². The van der Waals surface area contributed by atoms with Crippen molar-refractivity contribution < 1.29 is 22.4 Å². The number of alkyl halides is 4. The predicted molar refractivity (Wildman–Crippen MR) is 47.1 cm³/mol. The van der Waals surface area contributed by atoms with Gasteiger partial charge in [0, 0.05) is 0 Å². The third kappa shape index (κ3) is 2.79. The van der Waals surface area contributed by atoms with Crippen LogP contribution in [0.1, 0.15) is 32.1 Å². The van der Waals surface area contributed by atoms with Crippen LogP contribution >= 0.6 is 0 Å². The number of hydrogen-bond acceptors (Lipinski definition) is 1. The van der Waals surface area contributed by atoms with Gasteiger partial charge in [0.2, 0.25) is 5.78 Å². The van der Waals surface area contributed by atoms with Gasteiger partial charge in [-0.05, 0) is 31.3 Å². The molecule has 0 aromatic rings. The number of Topliss-reactive ketones (excluding diaryl/α,β-unsaturated/α-hetero) is 1. The van der Waals surface area contributed by atoms with Crippen LogP contribution in [-0.4, -0.2) is 18.1 Å². The SMILES string of the molecule is O=C(C1=CCCCCC1)C(F)(F)C(F)F. The molecule has 0 unspecified atom stereocenters. The van der Waals surface area contributed by atoms with Gasteiger partial charge in [-0.25, -0.2) is 8.78 Å². The summed E-state index contributed by atoms with van der Waals surface area (Å²) < 4.78 is 49.3. The summed E-state index contributed by atoms with van der Waals surface area (Å²) in [5, 5.41) is 0. The van der Waals surface area contributed by atoms with E-state index in [-0.39, 0.29) is 12.0 Å². The molecule has 0 saturated heterocycles. The van der Waals surface area contributed by atoms with Crippen LogP contribution in [-0.2, 0) is 4.79 Å². The number of allylic oxidation sites excluding steroid dienone is 2. The molecule has 86 valence electrons. The molecule has 0 fully saturated rings. The van der Waals surface area contributed by atoms with Crippen molar-refractivity contribution in [1.82, 2.24) is 0 Å². The molecule has 1 aliphatic rings. The second-order valence-corrected chi connectivity index (χ2v) is 3.58. The first kappa shape index (κ1) is 12.2. The van der Waals surface area contributed by atoms with Crippen molar-refractivity contribution in [3.63, 3.8) is 0 Å². The predicted octanol–water partition coefficient (Wildman–Crippen LogP) is 3.35. The fourth-order valence-electron chi connectivity index (χ4n) is 1.53. The van der Waals surface area contributed by atoms with Crippen molar-refractivity contribution in [3.8, 4) is 0 Å². The zero-order valence-electron chi connectivity index (χ0n) is 8.11. The lowest BCUT2D eigenvalue weighted by Crippen LogP contribution is -2.37. The Morgan fingerprint density at radius 2 is 1.93 bits per heavy atom. The van der Waals surface area contributed by atoms with Gasteiger partial charge in [0.05, 0.1) is 0 Å². The summed E-state index contributed by atoms with van der Waals surface area (Å²) >= 11 is 0. The molecular formula is C10H12F4O. The number of rotatable bonds is 3. The van der Waals surface area contributed by atoms with Gasteiger partial charge >= 0.3 is 12.3 Å². The lowest BCUT2D eigenvalue weighted by Gasteiger charge is -2.15. The molecule has 15 heavy (non-hydrogen) atoms. The lowest BCUT2D eigenvalue weighted by atomic mass is 10.0. The van der Waals surface area contributed by atoms with Gasteiger partial charge in [-0.1, -0.05) is 12.5 Å². The summed E-state index contributed by atoms with van der Waals surface area (Å²) in [6.07, 6.45) is 0.406. The van der Waals surface area contributed by atoms with Gasteiger partial charge < -0.3 is 0 Å². The molecule has 0 aliphatic heterocycles. The van der Waals surface area contributed by atoms with Crippen LogP contribution in [0.15, 0.2) is 11.6 Å². The lowest BCUT2D eigenvalue weighted by molar-refractivity contribution is -0.163. The minimum atomic E-state index is -4.53. The number of ketones is 1. The maximum absolute atomic E-state index is 12.7. The van der Waals surface area contributed by atoms with Crippen LogP contribution in [0.3, 0.4) is 0 Å². The highest BCUT2D eigenvalue weighted by Gasteiger charge is 2.49. The second kappa shape index (κ2) is 4.77. The van der Waals surface area contributed by atoms with E-state index in [2.05, 4.69) is 0 Å². The largest absolute Gasteiger partial charge is 0.368 e. The molecule has 1 nitrogen and oxygen atoms in total. The quantitative estimate of drug-likeness (QED) is 0.672. The summed E-state index contributed by atoms with van der Waals surface area (Å²) in [6, 6.07) is 0. The average Bonchev–Trinajstić information content (AvgIpc) is 2.44. The van der Waals surface area contributed by atoms with E-state index >= 15 is 0 Å². The van der Waals surface area contributed by atoms with Crippen LogP contribution in [0.2, 0.25) is 0 Å². The van der Waals surface area contributed by atoms with Crippen molar-refractivity contribution in [2.45, 2.75) is 44.5 Å². The molecule has 1 aliphatic carbocycles. The molecule has 0 radical (unpaired) electrons. The number of carbonyl (C=O) groups excluding carboxylic acids is 1. The van der Waals surface area contributed by atoms with Crippen LogP contribution in [0.25, 0.3) is 0 Å². The maximum atomic E-state index is 12.7. The minimum absolute atomic E-state index is 0.141. The van der Waals surface area contributed by atoms with Gasteiger partial charge in [0.25, 0.3) is 0 Å². The Bertz CT molecular complexity index is 271. The van der Waals surface area contributed by atoms with Crippen LogP contribution in [0.4, 0.5) is 17.6 Å². The third-order valence-electron chi connectivity index (χ3n) is 2.41. The number of carbonyl (C=O) groups is 1. The average molecular weight is 224 g/mol. The monoisotopic (exact) mass is 224 g/mol. The Morgan fingerprint density at radius 1 is 1.27 bits per heavy atom. The van der Waals surface area contributed by atoms with E-state index < -0.39 is 18.1 Å². The first-order valence-electron chi connectivity index (χ1n) is 4.86. The third-order valence-corrected chi connectivity index (χ3v) is 2.41. The number of hydrogen-bond donors (Lipinski definition) is 0. The molecular weight excluding hydrogens is 212 g/mol. The number of halogens is 4. The highest BCUT2D eigenvalue weighted by Crippen LogP contribution is 2.30. The topological polar surface area (TPSA) is 17.1 Å². The summed E-state index contributed by atoms with van der Waals surface area (Å²) in [5.41, 5.74) is -0.141. The molecule has 0 aromatic heterocycles. The first-order chi connectivity index (χ1) is 6.96. The van der Waals surface area contributed by atoms with Crippen LogP contribution in [0.5, 0.6) is 0 Å². The minimum Gasteiger partial charge on any atom is -0.287 e. The summed E-state index contributed by atoms with van der Waals surface area (Å²) in [5.74, 6) is -6.24. The molecule has 0 heterocycles. The first-order valence-corrected chi connectivity index (χ1v) is 4.86. The standard InChI is InChI=1S/C10H12F4O/c11-9(12)10(13,14)8(15)7-5-3-1-2-4-6-7/h5,9H,1-4,6H2. The zero-order chi connectivity index (χ0) is 11.5. The van der Waals surface area contributed by atoms with Crippen LogP contribution < -0.4 is 0 Å². The van der Waals surface area contributed by atoms with Gasteiger partial charge in [-0.15, -0.1) is 0 Å². The Labute approximate surface area is 85.2 Å². The van der Waals surface area contributed by atoms with E-state index in [1.54, 1.807) is 0 Å². The Morgan fingerprint density at radius 3 is 2.53 bits per heavy atom. The molecule has 0 saturated carbocycles. The highest BCUT2D eigenvalue weighted by molar-refractivity contribution is 6.01. The smallest absolute Gasteiger partial charge is 0.287 e. The van der Waals surface area contributed by atoms with Crippen molar-refractivity contribution in [1.29, 1.82) is 0 Å². The van der Waals surface area contributed by atoms with Gasteiger partial charge in [-0.2, -0.15) is 8.78 Å². The van der Waals surface area contributed by atoms with E-state index in [0.717, 1.165) is 12.8 Å². The summed E-state index contributed by atoms with van der Waals surface area (Å²) in [6.45, 7) is 0. The molecule has 0 aromatic carbocycles. The van der Waals surface area contributed by atoms with Crippen molar-refractivity contribution >= 4 is 5.78 Å². The van der Waals surface area contributed by atoms with Gasteiger partial charge in [-0.3, -0.25) is 4.79 Å². The molecule has 0 amide bonds. The van der Waals surface area contributed by atoms with E-state index in [1.807, 2.05) is 0 Å². The highest BCUT2D eigenvalue weighted by atomic mass is 19.3. The Balaban J connectivity index is 2.78. The Kier molecular flexibility index (Phi) is 3.88. The van der Waals surface area contributed by atoms with Gasteiger partial charge in [0.15, 0.2) is 0 Å². The molecule has 5 heteroatoms. The molecule has 0 spiro atoms. The fraction of sp³-hybridized carbons (Fsp3) is 0.700. The maximum Gasteiger partial charge on any atom is 0.368 e. The zero-order valence-corrected chi connectivity index (χ0v) is 8.11. The molecule has 1 rings (SSSR count). The van der Waals surface area contributed by atoms with E-state index in [1.165, 1.54) is 6.08 Å². The van der Waals surface area contributed by atoms with Crippen molar-refractivity contribution in [3.05, 3.63) is 11.6 Å². The van der Waals surface area contributed by atoms with E-state index in [0.29, 0.717) is 12.8 Å². The van der Waals surface area contributed by atoms with Crippen molar-refractivity contribution in [2.75, 3.05) is 0 Å². The van der Waals surface area contributed by atoms with Gasteiger partial charge in [0.1, 0.15) is 0 Å². The van der Waals surface area contributed by atoms with E-state index in [4.69, 9.17) is 0 Å². The van der Waals surface area contributed by atoms with Crippen molar-refractivity contribution in [2.24, 2.45) is 0 Å². The van der Waals surface area contributed by atoms with E-state index in [9.17, 15) is 22.4 Å². The summed E-state index contributed by atoms with van der Waals surface area (Å²) in [7, 11) is 0. The Hall–Kier alpha value is -0.870. The summed E-state index contributed by atoms with van der Waals surface area (Å²) in [4.78, 5) is 11.1. The molecule has 0 atom stereocenters. The molecule has 0 bridgehead atoms. The normalized spacial score (nSPS) is 18.6. The second-order valence-electron chi connectivity index (χ2n) is 3.58.